The second-order valence-electron chi connectivity index (χ2n) is 8.87. The summed E-state index contributed by atoms with van der Waals surface area (Å²) in [4.78, 5) is 31.0. The van der Waals surface area contributed by atoms with Gasteiger partial charge in [0, 0.05) is 48.6 Å². The van der Waals surface area contributed by atoms with Crippen LogP contribution in [0.15, 0.2) is 48.7 Å². The summed E-state index contributed by atoms with van der Waals surface area (Å²) in [5.41, 5.74) is 10.4. The van der Waals surface area contributed by atoms with Gasteiger partial charge in [0.05, 0.1) is 18.8 Å². The molecule has 1 atom stereocenters. The zero-order valence-corrected chi connectivity index (χ0v) is 19.9. The lowest BCUT2D eigenvalue weighted by Crippen LogP contribution is -2.44. The number of aryl methyl sites for hydroxylation is 1. The number of pyridine rings is 1. The van der Waals surface area contributed by atoms with Crippen molar-refractivity contribution >= 4 is 28.6 Å². The molecule has 1 aliphatic heterocycles. The number of nitrogens with two attached hydrogens (primary N) is 1. The molecule has 182 valence electrons. The van der Waals surface area contributed by atoms with Gasteiger partial charge in [0.15, 0.2) is 0 Å². The third kappa shape index (κ3) is 4.35. The number of likely N-dealkylation sites (tertiary alicyclic amines) is 1. The Balaban J connectivity index is 1.49. The van der Waals surface area contributed by atoms with Gasteiger partial charge >= 0.3 is 6.09 Å². The molecule has 2 N–H and O–H groups in total. The van der Waals surface area contributed by atoms with E-state index < -0.39 is 6.09 Å². The highest BCUT2D eigenvalue weighted by Crippen LogP contribution is 2.31. The van der Waals surface area contributed by atoms with Gasteiger partial charge < -0.3 is 29.1 Å². The summed E-state index contributed by atoms with van der Waals surface area (Å²) in [6.07, 6.45) is 2.16. The normalized spacial score (nSPS) is 16.2. The number of carbonyl (C=O) groups is 2. The summed E-state index contributed by atoms with van der Waals surface area (Å²) in [6, 6.07) is 14.0. The van der Waals surface area contributed by atoms with Gasteiger partial charge in [-0.2, -0.15) is 0 Å². The van der Waals surface area contributed by atoms with E-state index in [1.54, 1.807) is 12.0 Å². The SMILES string of the molecule is COCCn1c(-c2nc3cc(C(=O)N4CCCC(OC(N)=O)C4)ccn3c2C)cc2ccccc21. The molecule has 1 aliphatic rings. The van der Waals surface area contributed by atoms with Crippen molar-refractivity contribution in [3.8, 4) is 11.4 Å². The van der Waals surface area contributed by atoms with Crippen LogP contribution < -0.4 is 5.73 Å². The second kappa shape index (κ2) is 9.42. The maximum atomic E-state index is 13.2. The number of benzene rings is 1. The number of primary amides is 1. The lowest BCUT2D eigenvalue weighted by Gasteiger charge is -2.32. The number of hydrogen-bond acceptors (Lipinski definition) is 5. The molecule has 4 aromatic rings. The Morgan fingerprint density at radius 3 is 2.83 bits per heavy atom. The lowest BCUT2D eigenvalue weighted by atomic mass is 10.1. The van der Waals surface area contributed by atoms with E-state index in [2.05, 4.69) is 22.8 Å². The molecular formula is C26H29N5O4. The molecule has 0 saturated carbocycles. The summed E-state index contributed by atoms with van der Waals surface area (Å²) in [6.45, 7) is 4.28. The van der Waals surface area contributed by atoms with Gasteiger partial charge in [-0.25, -0.2) is 9.78 Å². The number of imidazole rings is 1. The van der Waals surface area contributed by atoms with Crippen LogP contribution in [0.3, 0.4) is 0 Å². The maximum Gasteiger partial charge on any atom is 0.404 e. The smallest absolute Gasteiger partial charge is 0.404 e. The largest absolute Gasteiger partial charge is 0.445 e. The van der Waals surface area contributed by atoms with Gasteiger partial charge in [-0.1, -0.05) is 18.2 Å². The van der Waals surface area contributed by atoms with Gasteiger partial charge in [0.2, 0.25) is 0 Å². The highest BCUT2D eigenvalue weighted by molar-refractivity contribution is 5.95. The molecular weight excluding hydrogens is 446 g/mol. The molecule has 0 radical (unpaired) electrons. The number of piperidine rings is 1. The van der Waals surface area contributed by atoms with E-state index in [0.29, 0.717) is 43.9 Å². The van der Waals surface area contributed by atoms with Crippen LogP contribution in [0.5, 0.6) is 0 Å². The van der Waals surface area contributed by atoms with E-state index in [0.717, 1.165) is 34.4 Å². The average molecular weight is 476 g/mol. The summed E-state index contributed by atoms with van der Waals surface area (Å²) < 4.78 is 14.7. The van der Waals surface area contributed by atoms with Crippen molar-refractivity contribution in [3.63, 3.8) is 0 Å². The molecule has 1 fully saturated rings. The molecule has 4 heterocycles. The maximum absolute atomic E-state index is 13.2. The molecule has 1 saturated heterocycles. The first kappa shape index (κ1) is 22.9. The predicted octanol–water partition coefficient (Wildman–Crippen LogP) is 3.61. The minimum Gasteiger partial charge on any atom is -0.445 e. The Morgan fingerprint density at radius 1 is 1.20 bits per heavy atom. The van der Waals surface area contributed by atoms with E-state index in [9.17, 15) is 9.59 Å². The van der Waals surface area contributed by atoms with Gasteiger partial charge in [0.25, 0.3) is 5.91 Å². The number of para-hydroxylation sites is 1. The quantitative estimate of drug-likeness (QED) is 0.459. The van der Waals surface area contributed by atoms with Crippen molar-refractivity contribution in [2.75, 3.05) is 26.8 Å². The molecule has 9 nitrogen and oxygen atoms in total. The van der Waals surface area contributed by atoms with E-state index in [-0.39, 0.29) is 12.0 Å². The van der Waals surface area contributed by atoms with Crippen molar-refractivity contribution in [2.24, 2.45) is 5.73 Å². The van der Waals surface area contributed by atoms with Crippen molar-refractivity contribution in [2.45, 2.75) is 32.4 Å². The van der Waals surface area contributed by atoms with Crippen molar-refractivity contribution in [1.82, 2.24) is 18.9 Å². The Labute approximate surface area is 203 Å². The van der Waals surface area contributed by atoms with E-state index in [1.165, 1.54) is 0 Å². The fourth-order valence-corrected chi connectivity index (χ4v) is 4.94. The molecule has 35 heavy (non-hydrogen) atoms. The topological polar surface area (TPSA) is 104 Å². The first-order chi connectivity index (χ1) is 17.0. The zero-order valence-electron chi connectivity index (χ0n) is 19.9. The standard InChI is InChI=1S/C26H29N5O4/c1-17-24(22-14-18-6-3-4-8-21(18)31(22)12-13-34-2)28-23-15-19(9-11-30(17)23)25(32)29-10-5-7-20(16-29)35-26(27)33/h3-4,6,8-9,11,14-15,20H,5,7,10,12-13,16H2,1-2H3,(H2,27,33). The number of methoxy groups -OCH3 is 1. The Bertz CT molecular complexity index is 1410. The molecule has 1 aromatic carbocycles. The van der Waals surface area contributed by atoms with Crippen molar-refractivity contribution in [1.29, 1.82) is 0 Å². The number of ether oxygens (including phenoxy) is 2. The molecule has 0 bridgehead atoms. The zero-order chi connectivity index (χ0) is 24.5. The van der Waals surface area contributed by atoms with Crippen LogP contribution in [0, 0.1) is 6.92 Å². The summed E-state index contributed by atoms with van der Waals surface area (Å²) in [5.74, 6) is -0.110. The second-order valence-corrected chi connectivity index (χ2v) is 8.87. The minimum atomic E-state index is -0.811. The first-order valence-corrected chi connectivity index (χ1v) is 11.8. The van der Waals surface area contributed by atoms with Gasteiger partial charge in [-0.15, -0.1) is 0 Å². The summed E-state index contributed by atoms with van der Waals surface area (Å²) >= 11 is 0. The molecule has 3 aromatic heterocycles. The molecule has 0 aliphatic carbocycles. The Hall–Kier alpha value is -3.85. The highest BCUT2D eigenvalue weighted by Gasteiger charge is 2.27. The Morgan fingerprint density at radius 2 is 2.03 bits per heavy atom. The molecule has 1 unspecified atom stereocenters. The number of amides is 2. The minimum absolute atomic E-state index is 0.110. The van der Waals surface area contributed by atoms with Crippen LogP contribution in [0.2, 0.25) is 0 Å². The van der Waals surface area contributed by atoms with E-state index >= 15 is 0 Å². The number of nitrogens with zero attached hydrogens (tertiary/aromatic N) is 4. The third-order valence-electron chi connectivity index (χ3n) is 6.63. The third-order valence-corrected chi connectivity index (χ3v) is 6.63. The molecule has 2 amide bonds. The highest BCUT2D eigenvalue weighted by atomic mass is 16.6. The van der Waals surface area contributed by atoms with Crippen LogP contribution in [0.1, 0.15) is 28.9 Å². The number of fused-ring (bicyclic) bond motifs is 2. The van der Waals surface area contributed by atoms with Crippen molar-refractivity contribution < 1.29 is 19.1 Å². The van der Waals surface area contributed by atoms with Crippen LogP contribution in [-0.4, -0.2) is 63.8 Å². The lowest BCUT2D eigenvalue weighted by molar-refractivity contribution is 0.0373. The van der Waals surface area contributed by atoms with Crippen LogP contribution in [0.4, 0.5) is 4.79 Å². The molecule has 0 spiro atoms. The fourth-order valence-electron chi connectivity index (χ4n) is 4.94. The van der Waals surface area contributed by atoms with Crippen molar-refractivity contribution in [3.05, 3.63) is 59.9 Å². The predicted molar refractivity (Wildman–Crippen MR) is 132 cm³/mol. The number of rotatable bonds is 6. The van der Waals surface area contributed by atoms with E-state index in [4.69, 9.17) is 20.2 Å². The van der Waals surface area contributed by atoms with Gasteiger partial charge in [0.1, 0.15) is 17.4 Å². The van der Waals surface area contributed by atoms with Crippen LogP contribution in [0.25, 0.3) is 27.9 Å². The summed E-state index contributed by atoms with van der Waals surface area (Å²) in [7, 11) is 1.70. The number of carbonyl (C=O) groups excluding carboxylic acids is 2. The van der Waals surface area contributed by atoms with Gasteiger partial charge in [-0.05, 0) is 44.0 Å². The Kier molecular flexibility index (Phi) is 6.17. The van der Waals surface area contributed by atoms with Crippen LogP contribution in [-0.2, 0) is 16.0 Å². The van der Waals surface area contributed by atoms with Gasteiger partial charge in [-0.3, -0.25) is 4.79 Å². The van der Waals surface area contributed by atoms with Crippen LogP contribution >= 0.6 is 0 Å². The van der Waals surface area contributed by atoms with E-state index in [1.807, 2.05) is 41.8 Å². The monoisotopic (exact) mass is 475 g/mol. The molecule has 5 rings (SSSR count). The summed E-state index contributed by atoms with van der Waals surface area (Å²) in [5, 5.41) is 1.14. The fraction of sp³-hybridized carbons (Fsp3) is 0.346. The average Bonchev–Trinajstić information content (AvgIpc) is 3.38. The molecule has 9 heteroatoms. The number of hydrogen-bond donors (Lipinski definition) is 1. The first-order valence-electron chi connectivity index (χ1n) is 11.8. The number of aromatic nitrogens is 3.